The van der Waals surface area contributed by atoms with Crippen molar-refractivity contribution in [2.24, 2.45) is 5.92 Å². The van der Waals surface area contributed by atoms with Gasteiger partial charge in [-0.2, -0.15) is 0 Å². The number of fused-ring (bicyclic) bond motifs is 1. The SMILES string of the molecule is C[C@@H]1CNC[C@H]2NC(=O)OC12. The molecule has 1 unspecified atom stereocenters. The highest BCUT2D eigenvalue weighted by molar-refractivity contribution is 5.70. The van der Waals surface area contributed by atoms with Crippen LogP contribution in [0, 0.1) is 5.92 Å². The Hall–Kier alpha value is -0.770. The summed E-state index contributed by atoms with van der Waals surface area (Å²) in [5.74, 6) is 0.424. The molecule has 0 saturated carbocycles. The van der Waals surface area contributed by atoms with Crippen LogP contribution in [0.4, 0.5) is 4.79 Å². The predicted octanol–water partition coefficient (Wildman–Crippen LogP) is -0.297. The van der Waals surface area contributed by atoms with Crippen molar-refractivity contribution in [3.63, 3.8) is 0 Å². The minimum Gasteiger partial charge on any atom is -0.444 e. The standard InChI is InChI=1S/C7H12N2O2/c1-4-2-8-3-5-6(4)11-7(10)9-5/h4-6,8H,2-3H2,1H3,(H,9,10)/t4-,5-,6?/m1/s1. The third-order valence-corrected chi connectivity index (χ3v) is 2.33. The van der Waals surface area contributed by atoms with Crippen molar-refractivity contribution in [3.05, 3.63) is 0 Å². The molecule has 3 atom stereocenters. The Kier molecular flexibility index (Phi) is 1.49. The van der Waals surface area contributed by atoms with E-state index in [9.17, 15) is 4.79 Å². The van der Waals surface area contributed by atoms with Crippen LogP contribution in [-0.4, -0.2) is 31.3 Å². The van der Waals surface area contributed by atoms with Gasteiger partial charge in [0.1, 0.15) is 6.10 Å². The predicted molar refractivity (Wildman–Crippen MR) is 39.2 cm³/mol. The van der Waals surface area contributed by atoms with Crippen molar-refractivity contribution in [1.82, 2.24) is 10.6 Å². The van der Waals surface area contributed by atoms with Gasteiger partial charge in [0.15, 0.2) is 0 Å². The van der Waals surface area contributed by atoms with E-state index in [1.165, 1.54) is 0 Å². The quantitative estimate of drug-likeness (QED) is 0.506. The van der Waals surface area contributed by atoms with Crippen LogP contribution in [0.2, 0.25) is 0 Å². The first-order valence-electron chi connectivity index (χ1n) is 3.95. The van der Waals surface area contributed by atoms with Gasteiger partial charge in [-0.15, -0.1) is 0 Å². The average Bonchev–Trinajstić information content (AvgIpc) is 2.31. The smallest absolute Gasteiger partial charge is 0.407 e. The monoisotopic (exact) mass is 156 g/mol. The lowest BCUT2D eigenvalue weighted by Crippen LogP contribution is -2.51. The number of hydrogen-bond donors (Lipinski definition) is 2. The molecule has 0 aliphatic carbocycles. The summed E-state index contributed by atoms with van der Waals surface area (Å²) in [6, 6.07) is 0.186. The van der Waals surface area contributed by atoms with E-state index in [4.69, 9.17) is 4.74 Å². The molecule has 4 heteroatoms. The van der Waals surface area contributed by atoms with E-state index in [0.29, 0.717) is 5.92 Å². The Morgan fingerprint density at radius 2 is 2.36 bits per heavy atom. The first-order valence-corrected chi connectivity index (χ1v) is 3.95. The van der Waals surface area contributed by atoms with Crippen molar-refractivity contribution in [2.75, 3.05) is 13.1 Å². The first kappa shape index (κ1) is 6.91. The number of nitrogens with one attached hydrogen (secondary N) is 2. The second kappa shape index (κ2) is 2.37. The third-order valence-electron chi connectivity index (χ3n) is 2.33. The van der Waals surface area contributed by atoms with Gasteiger partial charge in [-0.1, -0.05) is 6.92 Å². The topological polar surface area (TPSA) is 50.4 Å². The fourth-order valence-electron chi connectivity index (χ4n) is 1.74. The summed E-state index contributed by atoms with van der Waals surface area (Å²) < 4.78 is 5.09. The highest BCUT2D eigenvalue weighted by Crippen LogP contribution is 2.19. The van der Waals surface area contributed by atoms with Crippen LogP contribution >= 0.6 is 0 Å². The van der Waals surface area contributed by atoms with E-state index in [1.54, 1.807) is 0 Å². The summed E-state index contributed by atoms with van der Waals surface area (Å²) in [5, 5.41) is 5.99. The number of piperidine rings is 1. The summed E-state index contributed by atoms with van der Waals surface area (Å²) in [6.45, 7) is 3.86. The fraction of sp³-hybridized carbons (Fsp3) is 0.857. The molecule has 0 aromatic rings. The zero-order valence-corrected chi connectivity index (χ0v) is 6.46. The number of alkyl carbamates (subject to hydrolysis) is 1. The Morgan fingerprint density at radius 1 is 1.55 bits per heavy atom. The largest absolute Gasteiger partial charge is 0.444 e. The maximum atomic E-state index is 10.8. The zero-order valence-electron chi connectivity index (χ0n) is 6.46. The maximum Gasteiger partial charge on any atom is 0.407 e. The second-order valence-corrected chi connectivity index (χ2v) is 3.26. The molecule has 62 valence electrons. The molecule has 2 aliphatic heterocycles. The van der Waals surface area contributed by atoms with Crippen LogP contribution in [0.1, 0.15) is 6.92 Å². The van der Waals surface area contributed by atoms with Crippen LogP contribution in [0.3, 0.4) is 0 Å². The number of carbonyl (C=O) groups is 1. The van der Waals surface area contributed by atoms with Crippen LogP contribution in [0.25, 0.3) is 0 Å². The minimum atomic E-state index is -0.268. The number of carbonyl (C=O) groups excluding carboxylic acids is 1. The van der Waals surface area contributed by atoms with Crippen LogP contribution in [0.15, 0.2) is 0 Å². The van der Waals surface area contributed by atoms with E-state index in [2.05, 4.69) is 17.6 Å². The molecule has 2 rings (SSSR count). The minimum absolute atomic E-state index is 0.0868. The molecule has 2 N–H and O–H groups in total. The number of amides is 1. The second-order valence-electron chi connectivity index (χ2n) is 3.26. The molecule has 2 heterocycles. The van der Waals surface area contributed by atoms with Crippen molar-refractivity contribution in [2.45, 2.75) is 19.1 Å². The first-order chi connectivity index (χ1) is 5.27. The summed E-state index contributed by atoms with van der Waals surface area (Å²) in [6.07, 6.45) is -0.181. The summed E-state index contributed by atoms with van der Waals surface area (Å²) in [5.41, 5.74) is 0. The third kappa shape index (κ3) is 1.07. The highest BCUT2D eigenvalue weighted by Gasteiger charge is 2.39. The van der Waals surface area contributed by atoms with Gasteiger partial charge in [-0.25, -0.2) is 4.79 Å². The molecule has 0 radical (unpaired) electrons. The fourth-order valence-corrected chi connectivity index (χ4v) is 1.74. The van der Waals surface area contributed by atoms with Crippen LogP contribution < -0.4 is 10.6 Å². The maximum absolute atomic E-state index is 10.8. The molecule has 4 nitrogen and oxygen atoms in total. The highest BCUT2D eigenvalue weighted by atomic mass is 16.6. The average molecular weight is 156 g/mol. The molecule has 2 aliphatic rings. The van der Waals surface area contributed by atoms with Gasteiger partial charge in [-0.05, 0) is 0 Å². The molecule has 0 spiro atoms. The molecule has 0 aromatic heterocycles. The molecular formula is C7H12N2O2. The Labute approximate surface area is 65.3 Å². The summed E-state index contributed by atoms with van der Waals surface area (Å²) in [4.78, 5) is 10.8. The van der Waals surface area contributed by atoms with E-state index in [1.807, 2.05) is 0 Å². The van der Waals surface area contributed by atoms with Gasteiger partial charge >= 0.3 is 6.09 Å². The van der Waals surface area contributed by atoms with Gasteiger partial charge < -0.3 is 15.4 Å². The molecule has 1 amide bonds. The van der Waals surface area contributed by atoms with E-state index < -0.39 is 0 Å². The Morgan fingerprint density at radius 3 is 3.09 bits per heavy atom. The van der Waals surface area contributed by atoms with E-state index in [-0.39, 0.29) is 18.2 Å². The molecular weight excluding hydrogens is 144 g/mol. The lowest BCUT2D eigenvalue weighted by Gasteiger charge is -2.28. The van der Waals surface area contributed by atoms with E-state index in [0.717, 1.165) is 13.1 Å². The molecule has 2 saturated heterocycles. The van der Waals surface area contributed by atoms with Gasteiger partial charge in [0, 0.05) is 19.0 Å². The van der Waals surface area contributed by atoms with Crippen molar-refractivity contribution < 1.29 is 9.53 Å². The van der Waals surface area contributed by atoms with Crippen molar-refractivity contribution >= 4 is 6.09 Å². The van der Waals surface area contributed by atoms with Gasteiger partial charge in [0.2, 0.25) is 0 Å². The summed E-state index contributed by atoms with van der Waals surface area (Å²) >= 11 is 0. The van der Waals surface area contributed by atoms with Gasteiger partial charge in [-0.3, -0.25) is 0 Å². The van der Waals surface area contributed by atoms with Crippen LogP contribution in [0.5, 0.6) is 0 Å². The Balaban J connectivity index is 2.09. The van der Waals surface area contributed by atoms with Crippen molar-refractivity contribution in [3.8, 4) is 0 Å². The van der Waals surface area contributed by atoms with Crippen LogP contribution in [-0.2, 0) is 4.74 Å². The molecule has 0 aromatic carbocycles. The molecule has 11 heavy (non-hydrogen) atoms. The zero-order chi connectivity index (χ0) is 7.84. The number of ether oxygens (including phenoxy) is 1. The number of rotatable bonds is 0. The normalized spacial score (nSPS) is 42.6. The van der Waals surface area contributed by atoms with Crippen molar-refractivity contribution in [1.29, 1.82) is 0 Å². The Bertz CT molecular complexity index is 183. The number of hydrogen-bond acceptors (Lipinski definition) is 3. The van der Waals surface area contributed by atoms with E-state index >= 15 is 0 Å². The molecule has 2 fully saturated rings. The van der Waals surface area contributed by atoms with Gasteiger partial charge in [0.05, 0.1) is 6.04 Å². The lowest BCUT2D eigenvalue weighted by molar-refractivity contribution is 0.0831. The van der Waals surface area contributed by atoms with Gasteiger partial charge in [0.25, 0.3) is 0 Å². The summed E-state index contributed by atoms with van der Waals surface area (Å²) in [7, 11) is 0. The lowest BCUT2D eigenvalue weighted by atomic mass is 9.95. The molecule has 0 bridgehead atoms.